The van der Waals surface area contributed by atoms with Gasteiger partial charge in [-0.25, -0.2) is 9.59 Å². The average molecular weight is 343 g/mol. The zero-order valence-corrected chi connectivity index (χ0v) is 14.0. The van der Waals surface area contributed by atoms with Gasteiger partial charge >= 0.3 is 11.9 Å². The topological polar surface area (TPSA) is 52.6 Å². The van der Waals surface area contributed by atoms with Gasteiger partial charge < -0.3 is 9.47 Å². The molecular weight excluding hydrogens is 328 g/mol. The second kappa shape index (κ2) is 6.13. The number of cyclic esters (lactones) is 2. The Labute approximate surface area is 144 Å². The van der Waals surface area contributed by atoms with Crippen LogP contribution in [0.3, 0.4) is 0 Å². The zero-order valence-electron chi connectivity index (χ0n) is 13.2. The number of halogens is 1. The van der Waals surface area contributed by atoms with Gasteiger partial charge in [0.25, 0.3) is 5.79 Å². The van der Waals surface area contributed by atoms with E-state index < -0.39 is 17.7 Å². The normalized spacial score (nSPS) is 16.4. The molecule has 0 atom stereocenters. The molecule has 0 bridgehead atoms. The number of carbonyl (C=O) groups excluding carboxylic acids is 2. The van der Waals surface area contributed by atoms with E-state index in [1.807, 2.05) is 48.5 Å². The highest BCUT2D eigenvalue weighted by Crippen LogP contribution is 2.26. The van der Waals surface area contributed by atoms with E-state index in [9.17, 15) is 9.59 Å². The maximum Gasteiger partial charge on any atom is 0.348 e. The van der Waals surface area contributed by atoms with Gasteiger partial charge in [0.15, 0.2) is 0 Å². The van der Waals surface area contributed by atoms with Gasteiger partial charge in [-0.3, -0.25) is 0 Å². The van der Waals surface area contributed by atoms with Crippen LogP contribution in [0, 0.1) is 0 Å². The van der Waals surface area contributed by atoms with E-state index in [0.29, 0.717) is 10.6 Å². The van der Waals surface area contributed by atoms with E-state index in [2.05, 4.69) is 0 Å². The smallest absolute Gasteiger partial charge is 0.348 e. The Bertz CT molecular complexity index is 813. The van der Waals surface area contributed by atoms with Crippen molar-refractivity contribution in [3.63, 3.8) is 0 Å². The highest BCUT2D eigenvalue weighted by molar-refractivity contribution is 6.30. The minimum Gasteiger partial charge on any atom is -0.419 e. The molecule has 1 aliphatic rings. The van der Waals surface area contributed by atoms with Crippen LogP contribution in [-0.2, 0) is 19.1 Å². The molecule has 0 spiro atoms. The molecule has 24 heavy (non-hydrogen) atoms. The summed E-state index contributed by atoms with van der Waals surface area (Å²) in [6.07, 6.45) is 1.46. The van der Waals surface area contributed by atoms with Gasteiger partial charge in [-0.1, -0.05) is 48.0 Å². The molecule has 1 fully saturated rings. The molecule has 1 saturated heterocycles. The maximum absolute atomic E-state index is 11.9. The highest BCUT2D eigenvalue weighted by Gasteiger charge is 2.38. The van der Waals surface area contributed by atoms with Gasteiger partial charge in [0.05, 0.1) is 0 Å². The molecule has 0 amide bonds. The van der Waals surface area contributed by atoms with E-state index in [-0.39, 0.29) is 5.57 Å². The van der Waals surface area contributed by atoms with Crippen molar-refractivity contribution in [2.24, 2.45) is 0 Å². The van der Waals surface area contributed by atoms with Crippen molar-refractivity contribution in [1.29, 1.82) is 0 Å². The van der Waals surface area contributed by atoms with Crippen molar-refractivity contribution in [3.8, 4) is 11.1 Å². The Hall–Kier alpha value is -2.59. The Morgan fingerprint density at radius 1 is 0.917 bits per heavy atom. The average Bonchev–Trinajstić information content (AvgIpc) is 2.51. The van der Waals surface area contributed by atoms with E-state index in [4.69, 9.17) is 21.1 Å². The third-order valence-corrected chi connectivity index (χ3v) is 3.73. The molecule has 0 radical (unpaired) electrons. The third-order valence-electron chi connectivity index (χ3n) is 3.50. The van der Waals surface area contributed by atoms with Crippen LogP contribution in [0.15, 0.2) is 54.1 Å². The van der Waals surface area contributed by atoms with Gasteiger partial charge in [0.1, 0.15) is 5.57 Å². The molecule has 4 nitrogen and oxygen atoms in total. The van der Waals surface area contributed by atoms with Crippen molar-refractivity contribution < 1.29 is 19.1 Å². The zero-order chi connectivity index (χ0) is 17.3. The fourth-order valence-corrected chi connectivity index (χ4v) is 2.58. The van der Waals surface area contributed by atoms with Crippen molar-refractivity contribution in [1.82, 2.24) is 0 Å². The number of hydrogen-bond donors (Lipinski definition) is 0. The first-order valence-corrected chi connectivity index (χ1v) is 7.76. The van der Waals surface area contributed by atoms with Crippen LogP contribution in [0.25, 0.3) is 17.2 Å². The third kappa shape index (κ3) is 3.49. The van der Waals surface area contributed by atoms with E-state index in [0.717, 1.165) is 11.1 Å². The number of benzene rings is 2. The second-order valence-corrected chi connectivity index (χ2v) is 6.31. The molecule has 0 saturated carbocycles. The molecule has 1 heterocycles. The van der Waals surface area contributed by atoms with Crippen LogP contribution < -0.4 is 0 Å². The molecular formula is C19H15ClO4. The summed E-state index contributed by atoms with van der Waals surface area (Å²) >= 11 is 6.00. The van der Waals surface area contributed by atoms with Crippen molar-refractivity contribution in [3.05, 3.63) is 64.7 Å². The van der Waals surface area contributed by atoms with Gasteiger partial charge in [-0.15, -0.1) is 0 Å². The molecule has 0 unspecified atom stereocenters. The number of esters is 2. The Kier molecular flexibility index (Phi) is 4.16. The Morgan fingerprint density at radius 3 is 2.12 bits per heavy atom. The van der Waals surface area contributed by atoms with Gasteiger partial charge in [-0.05, 0) is 34.9 Å². The van der Waals surface area contributed by atoms with E-state index >= 15 is 0 Å². The Balaban J connectivity index is 1.86. The fourth-order valence-electron chi connectivity index (χ4n) is 2.38. The molecule has 5 heteroatoms. The summed E-state index contributed by atoms with van der Waals surface area (Å²) in [5.74, 6) is -2.60. The van der Waals surface area contributed by atoms with E-state index in [1.54, 1.807) is 0 Å². The van der Waals surface area contributed by atoms with Gasteiger partial charge in [0, 0.05) is 18.9 Å². The molecule has 0 N–H and O–H groups in total. The van der Waals surface area contributed by atoms with Crippen LogP contribution in [0.4, 0.5) is 0 Å². The standard InChI is InChI=1S/C19H15ClO4/c1-19(2)23-17(21)16(18(22)24-19)10-12-6-8-13(9-7-12)14-4-3-5-15(20)11-14/h3-11H,1-2H3. The highest BCUT2D eigenvalue weighted by atomic mass is 35.5. The summed E-state index contributed by atoms with van der Waals surface area (Å²) in [6.45, 7) is 3.03. The van der Waals surface area contributed by atoms with Crippen molar-refractivity contribution >= 4 is 29.6 Å². The number of ether oxygens (including phenoxy) is 2. The van der Waals surface area contributed by atoms with Crippen LogP contribution >= 0.6 is 11.6 Å². The predicted octanol–water partition coefficient (Wildman–Crippen LogP) is 4.23. The van der Waals surface area contributed by atoms with Crippen molar-refractivity contribution in [2.45, 2.75) is 19.6 Å². The largest absolute Gasteiger partial charge is 0.419 e. The summed E-state index contributed by atoms with van der Waals surface area (Å²) in [7, 11) is 0. The van der Waals surface area contributed by atoms with Gasteiger partial charge in [-0.2, -0.15) is 0 Å². The van der Waals surface area contributed by atoms with Crippen LogP contribution in [0.5, 0.6) is 0 Å². The number of carbonyl (C=O) groups is 2. The number of hydrogen-bond acceptors (Lipinski definition) is 4. The Morgan fingerprint density at radius 2 is 1.54 bits per heavy atom. The molecule has 2 aromatic carbocycles. The quantitative estimate of drug-likeness (QED) is 0.465. The molecule has 122 valence electrons. The minimum absolute atomic E-state index is 0.121. The van der Waals surface area contributed by atoms with Crippen LogP contribution in [-0.4, -0.2) is 17.7 Å². The first-order chi connectivity index (χ1) is 11.3. The van der Waals surface area contributed by atoms with Crippen LogP contribution in [0.2, 0.25) is 5.02 Å². The fraction of sp³-hybridized carbons (Fsp3) is 0.158. The lowest BCUT2D eigenvalue weighted by atomic mass is 10.0. The summed E-state index contributed by atoms with van der Waals surface area (Å²) in [6, 6.07) is 14.9. The predicted molar refractivity (Wildman–Crippen MR) is 91.1 cm³/mol. The summed E-state index contributed by atoms with van der Waals surface area (Å²) in [5.41, 5.74) is 2.55. The SMILES string of the molecule is CC1(C)OC(=O)C(=Cc2ccc(-c3cccc(Cl)c3)cc2)C(=O)O1. The molecule has 3 rings (SSSR count). The first-order valence-electron chi connectivity index (χ1n) is 7.38. The number of rotatable bonds is 2. The van der Waals surface area contributed by atoms with E-state index in [1.165, 1.54) is 19.9 Å². The molecule has 2 aromatic rings. The maximum atomic E-state index is 11.9. The lowest BCUT2D eigenvalue weighted by Crippen LogP contribution is -2.41. The van der Waals surface area contributed by atoms with Crippen LogP contribution in [0.1, 0.15) is 19.4 Å². The monoisotopic (exact) mass is 342 g/mol. The van der Waals surface area contributed by atoms with Crippen molar-refractivity contribution in [2.75, 3.05) is 0 Å². The second-order valence-electron chi connectivity index (χ2n) is 5.87. The summed E-state index contributed by atoms with van der Waals surface area (Å²) < 4.78 is 10.1. The first kappa shape index (κ1) is 16.3. The molecule has 0 aromatic heterocycles. The molecule has 1 aliphatic heterocycles. The summed E-state index contributed by atoms with van der Waals surface area (Å²) in [4.78, 5) is 23.9. The lowest BCUT2D eigenvalue weighted by molar-refractivity contribution is -0.222. The minimum atomic E-state index is -1.23. The summed E-state index contributed by atoms with van der Waals surface area (Å²) in [5, 5.41) is 0.661. The molecule has 0 aliphatic carbocycles. The van der Waals surface area contributed by atoms with Gasteiger partial charge in [0.2, 0.25) is 0 Å². The lowest BCUT2D eigenvalue weighted by Gasteiger charge is -2.29.